The first kappa shape index (κ1) is 18.1. The molecule has 5 nitrogen and oxygen atoms in total. The van der Waals surface area contributed by atoms with Crippen molar-refractivity contribution in [1.82, 2.24) is 10.3 Å². The minimum atomic E-state index is -0.244. The van der Waals surface area contributed by atoms with Crippen molar-refractivity contribution in [2.45, 2.75) is 13.5 Å². The van der Waals surface area contributed by atoms with Crippen LogP contribution in [0.4, 0.5) is 5.69 Å². The molecule has 26 heavy (non-hydrogen) atoms. The first-order valence-electron chi connectivity index (χ1n) is 7.87. The van der Waals surface area contributed by atoms with Crippen LogP contribution in [0.5, 0.6) is 0 Å². The molecule has 0 aliphatic carbocycles. The van der Waals surface area contributed by atoms with E-state index in [0.717, 1.165) is 16.1 Å². The van der Waals surface area contributed by atoms with E-state index < -0.39 is 0 Å². The van der Waals surface area contributed by atoms with Crippen LogP contribution in [0.1, 0.15) is 23.0 Å². The highest BCUT2D eigenvalue weighted by Crippen LogP contribution is 2.25. The minimum absolute atomic E-state index is 0.136. The number of hydrogen-bond acceptors (Lipinski definition) is 4. The van der Waals surface area contributed by atoms with Gasteiger partial charge in [-0.15, -0.1) is 11.3 Å². The highest BCUT2D eigenvalue weighted by Gasteiger charge is 2.12. The maximum absolute atomic E-state index is 12.3. The Hall–Kier alpha value is -2.70. The second-order valence-corrected chi connectivity index (χ2v) is 6.90. The van der Waals surface area contributed by atoms with Gasteiger partial charge in [0.25, 0.3) is 5.91 Å². The molecule has 0 bridgehead atoms. The molecular weight excluding hydrogens is 370 g/mol. The van der Waals surface area contributed by atoms with E-state index in [0.29, 0.717) is 22.9 Å². The Balaban J connectivity index is 1.64. The lowest BCUT2D eigenvalue weighted by Crippen LogP contribution is -2.23. The minimum Gasteiger partial charge on any atom is -0.347 e. The summed E-state index contributed by atoms with van der Waals surface area (Å²) in [6, 6.07) is 14.7. The van der Waals surface area contributed by atoms with Crippen molar-refractivity contribution in [3.05, 3.63) is 70.2 Å². The van der Waals surface area contributed by atoms with Crippen molar-refractivity contribution in [2.24, 2.45) is 0 Å². The predicted octanol–water partition coefficient (Wildman–Crippen LogP) is 4.35. The number of nitrogens with zero attached hydrogens (tertiary/aromatic N) is 1. The molecule has 2 N–H and O–H groups in total. The number of aromatic nitrogens is 1. The summed E-state index contributed by atoms with van der Waals surface area (Å²) in [6.07, 6.45) is 0. The molecular formula is C19H16ClN3O2S. The number of amides is 2. The lowest BCUT2D eigenvalue weighted by atomic mass is 10.2. The van der Waals surface area contributed by atoms with Crippen LogP contribution >= 0.6 is 22.9 Å². The molecule has 1 heterocycles. The highest BCUT2D eigenvalue weighted by molar-refractivity contribution is 7.13. The van der Waals surface area contributed by atoms with Crippen LogP contribution in [0.15, 0.2) is 53.9 Å². The van der Waals surface area contributed by atoms with Crippen LogP contribution in [-0.4, -0.2) is 16.8 Å². The molecule has 0 saturated carbocycles. The van der Waals surface area contributed by atoms with Crippen molar-refractivity contribution < 1.29 is 9.59 Å². The van der Waals surface area contributed by atoms with Gasteiger partial charge in [-0.25, -0.2) is 4.98 Å². The van der Waals surface area contributed by atoms with Gasteiger partial charge in [0, 0.05) is 35.1 Å². The third-order valence-electron chi connectivity index (χ3n) is 3.53. The zero-order chi connectivity index (χ0) is 18.5. The van der Waals surface area contributed by atoms with Crippen molar-refractivity contribution in [3.8, 4) is 10.6 Å². The number of benzene rings is 2. The first-order chi connectivity index (χ1) is 12.5. The number of anilines is 1. The van der Waals surface area contributed by atoms with Crippen molar-refractivity contribution in [1.29, 1.82) is 0 Å². The topological polar surface area (TPSA) is 71.1 Å². The number of carbonyl (C=O) groups excluding carboxylic acids is 2. The standard InChI is InChI=1S/C19H16ClN3O2S/c1-12(24)22-16-4-2-3-13(9-16)10-21-18(25)17-11-26-19(23-17)14-5-7-15(20)8-6-14/h2-9,11H,10H2,1H3,(H,21,25)(H,22,24). The van der Waals surface area contributed by atoms with E-state index in [1.165, 1.54) is 18.3 Å². The second-order valence-electron chi connectivity index (χ2n) is 5.61. The molecule has 3 aromatic rings. The average Bonchev–Trinajstić information content (AvgIpc) is 3.10. The SMILES string of the molecule is CC(=O)Nc1cccc(CNC(=O)c2csc(-c3ccc(Cl)cc3)n2)c1. The van der Waals surface area contributed by atoms with Crippen LogP contribution < -0.4 is 10.6 Å². The Labute approximate surface area is 160 Å². The van der Waals surface area contributed by atoms with E-state index in [2.05, 4.69) is 15.6 Å². The van der Waals surface area contributed by atoms with E-state index in [1.54, 1.807) is 23.6 Å². The fraction of sp³-hybridized carbons (Fsp3) is 0.105. The number of nitrogens with one attached hydrogen (secondary N) is 2. The van der Waals surface area contributed by atoms with E-state index in [9.17, 15) is 9.59 Å². The molecule has 0 spiro atoms. The predicted molar refractivity (Wildman–Crippen MR) is 104 cm³/mol. The molecule has 0 atom stereocenters. The lowest BCUT2D eigenvalue weighted by Gasteiger charge is -2.07. The molecule has 0 aliphatic rings. The van der Waals surface area contributed by atoms with E-state index in [-0.39, 0.29) is 11.8 Å². The number of carbonyl (C=O) groups is 2. The van der Waals surface area contributed by atoms with Crippen LogP contribution in [0.3, 0.4) is 0 Å². The molecule has 2 aromatic carbocycles. The van der Waals surface area contributed by atoms with Gasteiger partial charge in [0.15, 0.2) is 0 Å². The summed E-state index contributed by atoms with van der Waals surface area (Å²) >= 11 is 7.29. The van der Waals surface area contributed by atoms with Gasteiger partial charge in [0.1, 0.15) is 10.7 Å². The molecule has 7 heteroatoms. The maximum Gasteiger partial charge on any atom is 0.271 e. The molecule has 2 amide bonds. The van der Waals surface area contributed by atoms with Gasteiger partial charge in [-0.1, -0.05) is 35.9 Å². The molecule has 0 radical (unpaired) electrons. The van der Waals surface area contributed by atoms with E-state index in [1.807, 2.05) is 30.3 Å². The molecule has 132 valence electrons. The summed E-state index contributed by atoms with van der Waals surface area (Å²) < 4.78 is 0. The van der Waals surface area contributed by atoms with Gasteiger partial charge >= 0.3 is 0 Å². The van der Waals surface area contributed by atoms with Crippen LogP contribution in [-0.2, 0) is 11.3 Å². The van der Waals surface area contributed by atoms with Crippen molar-refractivity contribution in [3.63, 3.8) is 0 Å². The maximum atomic E-state index is 12.3. The molecule has 3 rings (SSSR count). The third-order valence-corrected chi connectivity index (χ3v) is 4.67. The Morgan fingerprint density at radius 2 is 1.92 bits per heavy atom. The quantitative estimate of drug-likeness (QED) is 0.685. The summed E-state index contributed by atoms with van der Waals surface area (Å²) in [7, 11) is 0. The molecule has 0 aliphatic heterocycles. The smallest absolute Gasteiger partial charge is 0.271 e. The number of rotatable bonds is 5. The van der Waals surface area contributed by atoms with Crippen molar-refractivity contribution in [2.75, 3.05) is 5.32 Å². The summed E-state index contributed by atoms with van der Waals surface area (Å²) in [6.45, 7) is 1.80. The normalized spacial score (nSPS) is 10.4. The Kier molecular flexibility index (Phi) is 5.65. The fourth-order valence-electron chi connectivity index (χ4n) is 2.34. The van der Waals surface area contributed by atoms with Gasteiger partial charge in [-0.3, -0.25) is 9.59 Å². The van der Waals surface area contributed by atoms with Gasteiger partial charge in [0.05, 0.1) is 0 Å². The fourth-order valence-corrected chi connectivity index (χ4v) is 3.27. The number of thiazole rings is 1. The van der Waals surface area contributed by atoms with E-state index in [4.69, 9.17) is 11.6 Å². The first-order valence-corrected chi connectivity index (χ1v) is 9.13. The molecule has 0 unspecified atom stereocenters. The monoisotopic (exact) mass is 385 g/mol. The summed E-state index contributed by atoms with van der Waals surface area (Å²) in [5.74, 6) is -0.380. The van der Waals surface area contributed by atoms with E-state index >= 15 is 0 Å². The average molecular weight is 386 g/mol. The largest absolute Gasteiger partial charge is 0.347 e. The number of hydrogen-bond donors (Lipinski definition) is 2. The molecule has 0 fully saturated rings. The zero-order valence-electron chi connectivity index (χ0n) is 14.0. The summed E-state index contributed by atoms with van der Waals surface area (Å²) in [4.78, 5) is 27.8. The lowest BCUT2D eigenvalue weighted by molar-refractivity contribution is -0.114. The Morgan fingerprint density at radius 1 is 1.15 bits per heavy atom. The van der Waals surface area contributed by atoms with Gasteiger partial charge in [-0.05, 0) is 29.8 Å². The Morgan fingerprint density at radius 3 is 2.65 bits per heavy atom. The number of halogens is 1. The van der Waals surface area contributed by atoms with Crippen LogP contribution in [0, 0.1) is 0 Å². The van der Waals surface area contributed by atoms with Gasteiger partial charge < -0.3 is 10.6 Å². The zero-order valence-corrected chi connectivity index (χ0v) is 15.5. The highest BCUT2D eigenvalue weighted by atomic mass is 35.5. The van der Waals surface area contributed by atoms with Gasteiger partial charge in [0.2, 0.25) is 5.91 Å². The molecule has 1 aromatic heterocycles. The second kappa shape index (κ2) is 8.12. The van der Waals surface area contributed by atoms with Crippen LogP contribution in [0.25, 0.3) is 10.6 Å². The molecule has 0 saturated heterocycles. The Bertz CT molecular complexity index is 938. The van der Waals surface area contributed by atoms with Gasteiger partial charge in [-0.2, -0.15) is 0 Å². The third kappa shape index (κ3) is 4.68. The summed E-state index contributed by atoms with van der Waals surface area (Å²) in [5, 5.41) is 8.71. The van der Waals surface area contributed by atoms with Crippen LogP contribution in [0.2, 0.25) is 5.02 Å². The summed E-state index contributed by atoms with van der Waals surface area (Å²) in [5.41, 5.74) is 2.88. The van der Waals surface area contributed by atoms with Crippen molar-refractivity contribution >= 4 is 40.4 Å².